The van der Waals surface area contributed by atoms with Gasteiger partial charge in [-0.3, -0.25) is 0 Å². The van der Waals surface area contributed by atoms with Crippen molar-refractivity contribution >= 4 is 107 Å². The number of hydrogen-bond donors (Lipinski definition) is 1. The zero-order valence-electron chi connectivity index (χ0n) is 38.2. The van der Waals surface area contributed by atoms with Gasteiger partial charge in [0.1, 0.15) is 0 Å². The van der Waals surface area contributed by atoms with Crippen LogP contribution in [0.15, 0.2) is 30.3 Å². The van der Waals surface area contributed by atoms with Crippen LogP contribution in [0.4, 0.5) is 5.69 Å². The number of ether oxygens (including phenoxy) is 1. The summed E-state index contributed by atoms with van der Waals surface area (Å²) in [5, 5.41) is 24.0. The number of hydrogen-bond acceptors (Lipinski definition) is 4. The van der Waals surface area contributed by atoms with Crippen LogP contribution in [0, 0.1) is 0 Å². The third-order valence-corrected chi connectivity index (χ3v) is 34.3. The van der Waals surface area contributed by atoms with Gasteiger partial charge in [-0.1, -0.05) is 193 Å². The van der Waals surface area contributed by atoms with E-state index < -0.39 is 57.7 Å². The predicted molar refractivity (Wildman–Crippen MR) is 264 cm³/mol. The summed E-state index contributed by atoms with van der Waals surface area (Å²) in [4.78, 5) is 0. The van der Waals surface area contributed by atoms with Crippen LogP contribution in [-0.4, -0.2) is 127 Å². The Bertz CT molecular complexity index is 605. The van der Waals surface area contributed by atoms with Gasteiger partial charge in [0.05, 0.1) is 0 Å². The summed E-state index contributed by atoms with van der Waals surface area (Å²) in [7, 11) is 2.68. The van der Waals surface area contributed by atoms with E-state index in [1.807, 2.05) is 20.8 Å². The molecule has 0 aliphatic heterocycles. The third-order valence-electron chi connectivity index (χ3n) is 9.20. The molecular formula is C41H100Al7NO3. The molecule has 52 heavy (non-hydrogen) atoms. The summed E-state index contributed by atoms with van der Waals surface area (Å²) < 4.78 is 15.3. The van der Waals surface area contributed by atoms with Crippen molar-refractivity contribution in [1.29, 1.82) is 0 Å². The van der Waals surface area contributed by atoms with Crippen molar-refractivity contribution in [2.75, 3.05) is 23.7 Å². The molecule has 0 radical (unpaired) electrons. The fraction of sp³-hybridized carbons (Fsp3) is 0.854. The fourth-order valence-electron chi connectivity index (χ4n) is 5.63. The summed E-state index contributed by atoms with van der Waals surface area (Å²) in [6, 6.07) is 11.1. The first kappa shape index (κ1) is 72.3. The highest BCUT2D eigenvalue weighted by Crippen LogP contribution is 2.23. The Morgan fingerprint density at radius 2 is 0.808 bits per heavy atom. The summed E-state index contributed by atoms with van der Waals surface area (Å²) in [6.07, 6.45) is 0. The first-order valence-electron chi connectivity index (χ1n) is 21.6. The number of aliphatic hydroxyl groups excluding tert-OH is 1. The van der Waals surface area contributed by atoms with Crippen LogP contribution in [0.2, 0.25) is 79.1 Å². The predicted octanol–water partition coefficient (Wildman–Crippen LogP) is 14.3. The minimum absolute atomic E-state index is 0. The Hall–Kier alpha value is 2.63. The molecule has 1 aromatic rings. The molecule has 4 nitrogen and oxygen atoms in total. The first-order chi connectivity index (χ1) is 24.2. The van der Waals surface area contributed by atoms with E-state index in [4.69, 9.17) is 7.95 Å². The van der Waals surface area contributed by atoms with E-state index >= 15 is 0 Å². The van der Waals surface area contributed by atoms with Crippen LogP contribution in [0.3, 0.4) is 0 Å². The molecular weight excluding hydrogens is 743 g/mol. The van der Waals surface area contributed by atoms with E-state index in [0.717, 1.165) is 13.7 Å². The van der Waals surface area contributed by atoms with Crippen LogP contribution >= 0.6 is 0 Å². The van der Waals surface area contributed by atoms with Gasteiger partial charge in [-0.15, -0.1) is 15.7 Å². The highest BCUT2D eigenvalue weighted by Gasteiger charge is 2.31. The minimum Gasteiger partial charge on any atom is -0.636 e. The molecule has 308 valence electrons. The van der Waals surface area contributed by atoms with E-state index in [9.17, 15) is 0 Å². The van der Waals surface area contributed by atoms with Crippen LogP contribution in [0.25, 0.3) is 0 Å². The van der Waals surface area contributed by atoms with Gasteiger partial charge in [-0.2, -0.15) is 0 Å². The average molecular weight is 844 g/mol. The van der Waals surface area contributed by atoms with Crippen molar-refractivity contribution in [3.05, 3.63) is 30.3 Å². The highest BCUT2D eigenvalue weighted by molar-refractivity contribution is 6.83. The lowest BCUT2D eigenvalue weighted by molar-refractivity contribution is 0.215. The van der Waals surface area contributed by atoms with Gasteiger partial charge in [0, 0.05) is 20.8 Å². The average Bonchev–Trinajstić information content (AvgIpc) is 3.19. The molecule has 11 heteroatoms. The molecule has 0 atom stereocenters. The molecule has 0 aliphatic rings. The Kier molecular flexibility index (Phi) is 87.3. The number of methoxy groups -OCH3 is 1. The van der Waals surface area contributed by atoms with Gasteiger partial charge in [0.25, 0.3) is 0 Å². The molecule has 0 spiro atoms. The lowest BCUT2D eigenvalue weighted by atomic mass is 10.3. The van der Waals surface area contributed by atoms with Gasteiger partial charge in [0.2, 0.25) is 43.5 Å². The van der Waals surface area contributed by atoms with Crippen molar-refractivity contribution in [2.24, 2.45) is 0 Å². The number of rotatable bonds is 20. The van der Waals surface area contributed by atoms with Crippen molar-refractivity contribution < 1.29 is 12.7 Å². The number of benzene rings is 1. The topological polar surface area (TPSA) is 41.9 Å². The molecule has 0 bridgehead atoms. The van der Waals surface area contributed by atoms with Crippen LogP contribution in [0.5, 0.6) is 0 Å². The normalized spacial score (nSPS) is 8.54. The molecule has 0 aromatic heterocycles. The standard InChI is InChI=1S/C6H5N.C3H8O.C2H6.12C2H5.CH4O.2CH4.2CH3.CH2.7Al.O.H/c7-6-4-2-1-3-5-6;1-3-4-2;14*1-2;;;;;;;;;;;;;;/h1-5H;3H2,1-2H3;1-2H3;12*1H2,2H3;2H,1H3;2*1H4;2*1H3;1H2;;;;;;;;;. The van der Waals surface area contributed by atoms with Gasteiger partial charge in [0.15, 0.2) is 0 Å². The summed E-state index contributed by atoms with van der Waals surface area (Å²) in [6.45, 7) is 35.0. The van der Waals surface area contributed by atoms with E-state index in [1.54, 1.807) is 32.4 Å². The molecule has 1 aromatic carbocycles. The molecule has 0 heterocycles. The molecule has 0 fully saturated rings. The zero-order valence-corrected chi connectivity index (χ0v) is 46.5. The number of aliphatic hydroxyl groups is 1. The maximum Gasteiger partial charge on any atom is 0.429 e. The van der Waals surface area contributed by atoms with E-state index in [-0.39, 0.29) is 43.2 Å². The van der Waals surface area contributed by atoms with Gasteiger partial charge < -0.3 is 15.6 Å². The van der Waals surface area contributed by atoms with Gasteiger partial charge >= 0.3 is 57.7 Å². The second kappa shape index (κ2) is 62.8. The van der Waals surface area contributed by atoms with Crippen LogP contribution in [-0.2, 0) is 7.58 Å². The van der Waals surface area contributed by atoms with Crippen LogP contribution in [0.1, 0.15) is 119 Å². The van der Waals surface area contributed by atoms with Crippen molar-refractivity contribution in [2.45, 2.75) is 198 Å². The van der Waals surface area contributed by atoms with E-state index in [0.29, 0.717) is 15.2 Å². The Balaban J connectivity index is -0.0000000819. The Morgan fingerprint density at radius 3 is 1.00 bits per heavy atom. The summed E-state index contributed by atoms with van der Waals surface area (Å²) in [5.41, 5.74) is 1.51. The van der Waals surface area contributed by atoms with Gasteiger partial charge in [-0.05, 0) is 24.7 Å². The van der Waals surface area contributed by atoms with E-state index in [2.05, 4.69) is 133 Å². The van der Waals surface area contributed by atoms with Gasteiger partial charge in [-0.25, -0.2) is 0 Å². The number of para-hydroxylation sites is 1. The second-order valence-corrected chi connectivity index (χ2v) is 37.0. The Labute approximate surface area is 367 Å². The van der Waals surface area contributed by atoms with Crippen molar-refractivity contribution in [3.63, 3.8) is 0 Å². The monoisotopic (exact) mass is 844 g/mol. The lowest BCUT2D eigenvalue weighted by Crippen LogP contribution is -2.48. The lowest BCUT2D eigenvalue weighted by Gasteiger charge is -2.36. The number of nitrogens with zero attached hydrogens (tertiary/aromatic N) is 1. The SMILES string of the molecule is C.C.CC.CCOC.CO.C[CH2][Al]([CH2]C)[CH2][Al]([CH2]C)[CH2]C.C[CH2][Al]([CH2]C)[N](c1ccccc1)[Al]([CH2]C)[CH2]C.C[CH2][Al]([CH2]C)[O][Al]([CH2]C)[CH2]C.[CH3][AlH][CH3]. The van der Waals surface area contributed by atoms with Crippen molar-refractivity contribution in [3.8, 4) is 0 Å². The summed E-state index contributed by atoms with van der Waals surface area (Å²) in [5.74, 6) is 4.53. The largest absolute Gasteiger partial charge is 0.636 e. The highest BCUT2D eigenvalue weighted by atomic mass is 27.3. The van der Waals surface area contributed by atoms with E-state index in [1.165, 1.54) is 47.9 Å². The van der Waals surface area contributed by atoms with Crippen LogP contribution < -0.4 is 2.87 Å². The molecule has 0 amide bonds. The smallest absolute Gasteiger partial charge is 0.429 e. The number of anilines is 1. The maximum absolute atomic E-state index is 7.00. The minimum atomic E-state index is -0.732. The fourth-order valence-corrected chi connectivity index (χ4v) is 31.1. The molecule has 0 saturated heterocycles. The zero-order chi connectivity index (χ0) is 40.2. The summed E-state index contributed by atoms with van der Waals surface area (Å²) >= 11 is -2.94. The second-order valence-electron chi connectivity index (χ2n) is 12.6. The molecule has 0 saturated carbocycles. The molecule has 1 N–H and O–H groups in total. The maximum atomic E-state index is 7.00. The molecule has 0 unspecified atom stereocenters. The molecule has 0 aliphatic carbocycles. The molecule has 1 rings (SSSR count). The quantitative estimate of drug-likeness (QED) is 0.133. The van der Waals surface area contributed by atoms with Crippen molar-refractivity contribution in [1.82, 2.24) is 0 Å². The third kappa shape index (κ3) is 45.3. The first-order valence-corrected chi connectivity index (χ1v) is 37.8. The Morgan fingerprint density at radius 1 is 0.538 bits per heavy atom.